The van der Waals surface area contributed by atoms with Gasteiger partial charge in [-0.2, -0.15) is 0 Å². The third-order valence-electron chi connectivity index (χ3n) is 4.51. The lowest BCUT2D eigenvalue weighted by molar-refractivity contribution is -0.141. The number of carbonyl (C=O) groups is 2. The summed E-state index contributed by atoms with van der Waals surface area (Å²) in [5.41, 5.74) is -1.01. The molecule has 1 amide bonds. The quantitative estimate of drug-likeness (QED) is 0.732. The molecule has 0 aliphatic heterocycles. The maximum absolute atomic E-state index is 12.3. The predicted molar refractivity (Wildman–Crippen MR) is 69.6 cm³/mol. The Morgan fingerprint density at radius 3 is 2.16 bits per heavy atom. The molecular weight excluding hydrogens is 246 g/mol. The molecule has 2 N–H and O–H groups in total. The van der Waals surface area contributed by atoms with E-state index in [0.29, 0.717) is 19.5 Å². The van der Waals surface area contributed by atoms with Crippen LogP contribution in [0.2, 0.25) is 0 Å². The number of likely N-dealkylation sites (N-methyl/N-ethyl adjacent to an activating group) is 1. The normalized spacial score (nSPS) is 22.4. The molecule has 0 spiro atoms. The number of aliphatic hydroxyl groups is 1. The Kier molecular flexibility index (Phi) is 3.85. The Labute approximate surface area is 113 Å². The largest absolute Gasteiger partial charge is 0.481 e. The highest BCUT2D eigenvalue weighted by Gasteiger charge is 2.47. The molecule has 5 heteroatoms. The van der Waals surface area contributed by atoms with Crippen molar-refractivity contribution in [3.63, 3.8) is 0 Å². The van der Waals surface area contributed by atoms with Gasteiger partial charge in [0.1, 0.15) is 0 Å². The summed E-state index contributed by atoms with van der Waals surface area (Å²) in [4.78, 5) is 24.7. The van der Waals surface area contributed by atoms with Gasteiger partial charge in [0.15, 0.2) is 0 Å². The molecule has 2 aliphatic rings. The van der Waals surface area contributed by atoms with Crippen LogP contribution < -0.4 is 0 Å². The van der Waals surface area contributed by atoms with E-state index in [2.05, 4.69) is 0 Å². The fourth-order valence-corrected chi connectivity index (χ4v) is 2.82. The van der Waals surface area contributed by atoms with Crippen molar-refractivity contribution in [3.05, 3.63) is 0 Å². The van der Waals surface area contributed by atoms with E-state index >= 15 is 0 Å². The highest BCUT2D eigenvalue weighted by molar-refractivity contribution is 5.79. The molecule has 0 aromatic heterocycles. The molecule has 0 aromatic rings. The van der Waals surface area contributed by atoms with Crippen molar-refractivity contribution in [2.75, 3.05) is 13.1 Å². The predicted octanol–water partition coefficient (Wildman–Crippen LogP) is 1.39. The zero-order chi connectivity index (χ0) is 14.1. The highest BCUT2D eigenvalue weighted by Crippen LogP contribution is 2.52. The molecule has 5 nitrogen and oxygen atoms in total. The van der Waals surface area contributed by atoms with Crippen molar-refractivity contribution in [3.8, 4) is 0 Å². The van der Waals surface area contributed by atoms with Gasteiger partial charge in [-0.15, -0.1) is 0 Å². The van der Waals surface area contributed by atoms with Crippen LogP contribution in [0.5, 0.6) is 0 Å². The molecule has 2 fully saturated rings. The maximum Gasteiger partial charge on any atom is 0.303 e. The zero-order valence-electron chi connectivity index (χ0n) is 11.5. The molecule has 0 atom stereocenters. The first-order valence-electron chi connectivity index (χ1n) is 7.10. The summed E-state index contributed by atoms with van der Waals surface area (Å²) in [5, 5.41) is 19.0. The number of hydrogen-bond donors (Lipinski definition) is 2. The Balaban J connectivity index is 1.88. The average Bonchev–Trinajstić information content (AvgIpc) is 3.01. The van der Waals surface area contributed by atoms with Gasteiger partial charge in [-0.3, -0.25) is 9.59 Å². The van der Waals surface area contributed by atoms with Crippen molar-refractivity contribution >= 4 is 11.9 Å². The summed E-state index contributed by atoms with van der Waals surface area (Å²) in [7, 11) is 0. The molecule has 2 saturated carbocycles. The summed E-state index contributed by atoms with van der Waals surface area (Å²) < 4.78 is 0. The lowest BCUT2D eigenvalue weighted by Gasteiger charge is -2.40. The average molecular weight is 269 g/mol. The lowest BCUT2D eigenvalue weighted by Crippen LogP contribution is -2.50. The molecular formula is C14H23NO4. The molecule has 0 saturated heterocycles. The van der Waals surface area contributed by atoms with E-state index in [0.717, 1.165) is 32.1 Å². The van der Waals surface area contributed by atoms with Crippen LogP contribution in [-0.2, 0) is 9.59 Å². The van der Waals surface area contributed by atoms with Crippen LogP contribution in [0, 0.1) is 5.41 Å². The number of amides is 1. The van der Waals surface area contributed by atoms with E-state index in [4.69, 9.17) is 5.11 Å². The fourth-order valence-electron chi connectivity index (χ4n) is 2.82. The van der Waals surface area contributed by atoms with E-state index in [1.165, 1.54) is 0 Å². The van der Waals surface area contributed by atoms with Crippen LogP contribution in [-0.4, -0.2) is 45.7 Å². The van der Waals surface area contributed by atoms with Crippen molar-refractivity contribution in [1.82, 2.24) is 4.90 Å². The standard InChI is InChI=1S/C14H23NO4/c1-2-15(10-14(19)4-3-5-14)11(16)8-13(6-7-13)9-12(17)18/h19H,2-10H2,1H3,(H,17,18). The summed E-state index contributed by atoms with van der Waals surface area (Å²) >= 11 is 0. The van der Waals surface area contributed by atoms with Crippen molar-refractivity contribution in [2.45, 2.75) is 57.5 Å². The van der Waals surface area contributed by atoms with Crippen molar-refractivity contribution in [1.29, 1.82) is 0 Å². The third-order valence-corrected chi connectivity index (χ3v) is 4.51. The summed E-state index contributed by atoms with van der Waals surface area (Å²) in [5.74, 6) is -0.840. The van der Waals surface area contributed by atoms with Gasteiger partial charge in [0.2, 0.25) is 5.91 Å². The van der Waals surface area contributed by atoms with Gasteiger partial charge in [-0.25, -0.2) is 0 Å². The van der Waals surface area contributed by atoms with Crippen LogP contribution in [0.3, 0.4) is 0 Å². The molecule has 2 aliphatic carbocycles. The Morgan fingerprint density at radius 1 is 1.16 bits per heavy atom. The van der Waals surface area contributed by atoms with Gasteiger partial charge >= 0.3 is 5.97 Å². The Morgan fingerprint density at radius 2 is 1.79 bits per heavy atom. The first kappa shape index (κ1) is 14.3. The lowest BCUT2D eigenvalue weighted by atomic mass is 9.80. The van der Waals surface area contributed by atoms with Crippen LogP contribution in [0.25, 0.3) is 0 Å². The second-order valence-electron chi connectivity index (χ2n) is 6.23. The topological polar surface area (TPSA) is 77.8 Å². The number of aliphatic carboxylic acids is 1. The molecule has 2 rings (SSSR count). The van der Waals surface area contributed by atoms with E-state index < -0.39 is 11.6 Å². The van der Waals surface area contributed by atoms with Gasteiger partial charge in [-0.05, 0) is 44.4 Å². The van der Waals surface area contributed by atoms with Gasteiger partial charge in [0, 0.05) is 19.5 Å². The van der Waals surface area contributed by atoms with E-state index in [-0.39, 0.29) is 17.7 Å². The van der Waals surface area contributed by atoms with Gasteiger partial charge in [-0.1, -0.05) is 0 Å². The summed E-state index contributed by atoms with van der Waals surface area (Å²) in [6.45, 7) is 2.87. The molecule has 0 radical (unpaired) electrons. The highest BCUT2D eigenvalue weighted by atomic mass is 16.4. The summed E-state index contributed by atoms with van der Waals surface area (Å²) in [6.07, 6.45) is 4.59. The minimum atomic E-state index is -0.828. The van der Waals surface area contributed by atoms with Crippen molar-refractivity contribution in [2.24, 2.45) is 5.41 Å². The van der Waals surface area contributed by atoms with Gasteiger partial charge < -0.3 is 15.1 Å². The number of carbonyl (C=O) groups excluding carboxylic acids is 1. The first-order valence-corrected chi connectivity index (χ1v) is 7.10. The Bertz CT molecular complexity index is 372. The smallest absolute Gasteiger partial charge is 0.303 e. The van der Waals surface area contributed by atoms with E-state index in [1.807, 2.05) is 6.92 Å². The number of hydrogen-bond acceptors (Lipinski definition) is 3. The fraction of sp³-hybridized carbons (Fsp3) is 0.857. The monoisotopic (exact) mass is 269 g/mol. The third kappa shape index (κ3) is 3.47. The van der Waals surface area contributed by atoms with Gasteiger partial charge in [0.25, 0.3) is 0 Å². The molecule has 19 heavy (non-hydrogen) atoms. The minimum Gasteiger partial charge on any atom is -0.481 e. The second kappa shape index (κ2) is 5.12. The second-order valence-corrected chi connectivity index (χ2v) is 6.23. The molecule has 0 unspecified atom stereocenters. The van der Waals surface area contributed by atoms with Crippen LogP contribution in [0.4, 0.5) is 0 Å². The van der Waals surface area contributed by atoms with E-state index in [9.17, 15) is 14.7 Å². The SMILES string of the molecule is CCN(CC1(O)CCC1)C(=O)CC1(CC(=O)O)CC1. The summed E-state index contributed by atoms with van der Waals surface area (Å²) in [6, 6.07) is 0. The zero-order valence-corrected chi connectivity index (χ0v) is 11.5. The van der Waals surface area contributed by atoms with Crippen molar-refractivity contribution < 1.29 is 19.8 Å². The molecule has 0 aromatic carbocycles. The molecule has 0 heterocycles. The van der Waals surface area contributed by atoms with Crippen LogP contribution >= 0.6 is 0 Å². The number of carboxylic acids is 1. The van der Waals surface area contributed by atoms with Crippen LogP contribution in [0.1, 0.15) is 51.9 Å². The van der Waals surface area contributed by atoms with Gasteiger partial charge in [0.05, 0.1) is 12.0 Å². The van der Waals surface area contributed by atoms with Crippen LogP contribution in [0.15, 0.2) is 0 Å². The number of rotatable bonds is 7. The molecule has 108 valence electrons. The minimum absolute atomic E-state index is 0.0124. The first-order chi connectivity index (χ1) is 8.88. The number of nitrogens with zero attached hydrogens (tertiary/aromatic N) is 1. The Hall–Kier alpha value is -1.10. The maximum atomic E-state index is 12.3. The van der Waals surface area contributed by atoms with E-state index in [1.54, 1.807) is 4.90 Å². The number of carboxylic acid groups (broad SMARTS) is 1. The molecule has 0 bridgehead atoms.